The van der Waals surface area contributed by atoms with Gasteiger partial charge in [-0.05, 0) is 12.8 Å². The zero-order valence-corrected chi connectivity index (χ0v) is 10.7. The average molecular weight is 263 g/mol. The summed E-state index contributed by atoms with van der Waals surface area (Å²) in [5, 5.41) is 5.19. The third kappa shape index (κ3) is 2.55. The maximum atomic E-state index is 12.3. The van der Waals surface area contributed by atoms with E-state index in [1.807, 2.05) is 0 Å². The van der Waals surface area contributed by atoms with Gasteiger partial charge in [0.2, 0.25) is 5.91 Å². The van der Waals surface area contributed by atoms with Crippen LogP contribution in [0.15, 0.2) is 0 Å². The number of rotatable bonds is 3. The Morgan fingerprint density at radius 1 is 1.37 bits per heavy atom. The van der Waals surface area contributed by atoms with Gasteiger partial charge in [-0.3, -0.25) is 14.5 Å². The topological polar surface area (TPSA) is 78.5 Å². The fourth-order valence-electron chi connectivity index (χ4n) is 2.66. The van der Waals surface area contributed by atoms with Crippen molar-refractivity contribution >= 4 is 17.8 Å². The molecule has 2 fully saturated rings. The predicted octanol–water partition coefficient (Wildman–Crippen LogP) is -0.00950. The van der Waals surface area contributed by atoms with Gasteiger partial charge in [0.05, 0.1) is 6.54 Å². The quantitative estimate of drug-likeness (QED) is 0.555. The zero-order chi connectivity index (χ0) is 13.9. The number of terminal acetylenes is 1. The molecule has 0 bridgehead atoms. The molecule has 1 aliphatic heterocycles. The number of hydrogen-bond donors (Lipinski definition) is 2. The number of nitrogens with zero attached hydrogens (tertiary/aromatic N) is 1. The summed E-state index contributed by atoms with van der Waals surface area (Å²) in [7, 11) is 0. The molecule has 4 amide bonds. The van der Waals surface area contributed by atoms with Crippen molar-refractivity contribution in [2.24, 2.45) is 0 Å². The van der Waals surface area contributed by atoms with E-state index in [2.05, 4.69) is 16.6 Å². The highest BCUT2D eigenvalue weighted by Crippen LogP contribution is 2.33. The summed E-state index contributed by atoms with van der Waals surface area (Å²) in [4.78, 5) is 36.7. The van der Waals surface area contributed by atoms with Gasteiger partial charge in [0.1, 0.15) is 12.1 Å². The Labute approximate surface area is 111 Å². The molecular formula is C13H17N3O3. The summed E-state index contributed by atoms with van der Waals surface area (Å²) in [5.41, 5.74) is -0.776. The number of urea groups is 1. The average Bonchev–Trinajstić information content (AvgIpc) is 2.62. The first-order chi connectivity index (χ1) is 9.09. The Kier molecular flexibility index (Phi) is 3.74. The lowest BCUT2D eigenvalue weighted by atomic mass is 9.82. The number of imide groups is 1. The molecule has 102 valence electrons. The van der Waals surface area contributed by atoms with E-state index in [4.69, 9.17) is 6.42 Å². The summed E-state index contributed by atoms with van der Waals surface area (Å²) in [6.45, 7) is -0.179. The van der Waals surface area contributed by atoms with E-state index in [0.29, 0.717) is 12.8 Å². The molecule has 0 aromatic carbocycles. The maximum absolute atomic E-state index is 12.3. The summed E-state index contributed by atoms with van der Waals surface area (Å²) in [6, 6.07) is -0.484. The SMILES string of the molecule is C#CCNC(=O)CN1C(=O)NC2(CCCCC2)C1=O. The van der Waals surface area contributed by atoms with E-state index in [1.165, 1.54) is 0 Å². The number of carbonyl (C=O) groups excluding carboxylic acids is 3. The van der Waals surface area contributed by atoms with Crippen LogP contribution in [0.2, 0.25) is 0 Å². The third-order valence-corrected chi connectivity index (χ3v) is 3.64. The van der Waals surface area contributed by atoms with Crippen molar-refractivity contribution in [3.63, 3.8) is 0 Å². The van der Waals surface area contributed by atoms with Crippen LogP contribution < -0.4 is 10.6 Å². The molecule has 1 heterocycles. The lowest BCUT2D eigenvalue weighted by Gasteiger charge is -2.30. The largest absolute Gasteiger partial charge is 0.344 e. The monoisotopic (exact) mass is 263 g/mol. The molecule has 1 aliphatic carbocycles. The van der Waals surface area contributed by atoms with Gasteiger partial charge in [-0.15, -0.1) is 6.42 Å². The summed E-state index contributed by atoms with van der Waals surface area (Å²) < 4.78 is 0. The third-order valence-electron chi connectivity index (χ3n) is 3.64. The van der Waals surface area contributed by atoms with Gasteiger partial charge in [-0.2, -0.15) is 0 Å². The first-order valence-corrected chi connectivity index (χ1v) is 6.43. The molecule has 19 heavy (non-hydrogen) atoms. The normalized spacial score (nSPS) is 21.1. The summed E-state index contributed by atoms with van der Waals surface area (Å²) in [5.74, 6) is 1.56. The Bertz CT molecular complexity index is 447. The molecule has 0 unspecified atom stereocenters. The van der Waals surface area contributed by atoms with E-state index in [9.17, 15) is 14.4 Å². The smallest absolute Gasteiger partial charge is 0.325 e. The second-order valence-electron chi connectivity index (χ2n) is 4.95. The van der Waals surface area contributed by atoms with Crippen LogP contribution in [0.25, 0.3) is 0 Å². The molecule has 2 rings (SSSR count). The van der Waals surface area contributed by atoms with Crippen LogP contribution in [0.1, 0.15) is 32.1 Å². The summed E-state index contributed by atoms with van der Waals surface area (Å²) >= 11 is 0. The Morgan fingerprint density at radius 2 is 2.05 bits per heavy atom. The van der Waals surface area contributed by atoms with Crippen molar-refractivity contribution in [3.05, 3.63) is 0 Å². The van der Waals surface area contributed by atoms with Crippen LogP contribution in [0.3, 0.4) is 0 Å². The van der Waals surface area contributed by atoms with Gasteiger partial charge in [0, 0.05) is 0 Å². The molecular weight excluding hydrogens is 246 g/mol. The van der Waals surface area contributed by atoms with Gasteiger partial charge >= 0.3 is 6.03 Å². The van der Waals surface area contributed by atoms with Gasteiger partial charge in [0.15, 0.2) is 0 Å². The molecule has 2 aliphatic rings. The molecule has 2 N–H and O–H groups in total. The maximum Gasteiger partial charge on any atom is 0.325 e. The molecule has 0 aromatic heterocycles. The van der Waals surface area contributed by atoms with E-state index in [-0.39, 0.29) is 19.0 Å². The van der Waals surface area contributed by atoms with Crippen molar-refractivity contribution < 1.29 is 14.4 Å². The minimum absolute atomic E-state index is 0.0909. The van der Waals surface area contributed by atoms with Crippen LogP contribution in [0.4, 0.5) is 4.79 Å². The minimum Gasteiger partial charge on any atom is -0.344 e. The molecule has 6 heteroatoms. The fraction of sp³-hybridized carbons (Fsp3) is 0.615. The van der Waals surface area contributed by atoms with E-state index in [1.54, 1.807) is 0 Å². The van der Waals surface area contributed by atoms with Crippen LogP contribution in [-0.4, -0.2) is 41.4 Å². The fourth-order valence-corrected chi connectivity index (χ4v) is 2.66. The molecule has 0 atom stereocenters. The summed E-state index contributed by atoms with van der Waals surface area (Å²) in [6.07, 6.45) is 9.25. The molecule has 1 saturated carbocycles. The van der Waals surface area contributed by atoms with Gasteiger partial charge in [-0.25, -0.2) is 4.79 Å². The second kappa shape index (κ2) is 5.31. The van der Waals surface area contributed by atoms with Crippen molar-refractivity contribution in [3.8, 4) is 12.3 Å². The van der Waals surface area contributed by atoms with Crippen molar-refractivity contribution in [1.82, 2.24) is 15.5 Å². The lowest BCUT2D eigenvalue weighted by Crippen LogP contribution is -2.49. The Morgan fingerprint density at radius 3 is 2.68 bits per heavy atom. The highest BCUT2D eigenvalue weighted by molar-refractivity contribution is 6.09. The lowest BCUT2D eigenvalue weighted by molar-refractivity contribution is -0.135. The van der Waals surface area contributed by atoms with Crippen molar-refractivity contribution in [2.75, 3.05) is 13.1 Å². The van der Waals surface area contributed by atoms with Gasteiger partial charge in [-0.1, -0.05) is 25.2 Å². The first kappa shape index (κ1) is 13.4. The van der Waals surface area contributed by atoms with E-state index in [0.717, 1.165) is 24.2 Å². The Hall–Kier alpha value is -2.03. The highest BCUT2D eigenvalue weighted by atomic mass is 16.2. The van der Waals surface area contributed by atoms with Crippen LogP contribution in [0, 0.1) is 12.3 Å². The van der Waals surface area contributed by atoms with Gasteiger partial charge < -0.3 is 10.6 Å². The standard InChI is InChI=1S/C13H17N3O3/c1-2-8-14-10(17)9-16-11(18)13(15-12(16)19)6-4-3-5-7-13/h1H,3-9H2,(H,14,17)(H,15,19). The van der Waals surface area contributed by atoms with Gasteiger partial charge in [0.25, 0.3) is 5.91 Å². The molecule has 1 saturated heterocycles. The van der Waals surface area contributed by atoms with Crippen molar-refractivity contribution in [2.45, 2.75) is 37.6 Å². The molecule has 1 spiro atoms. The highest BCUT2D eigenvalue weighted by Gasteiger charge is 2.51. The first-order valence-electron chi connectivity index (χ1n) is 6.43. The van der Waals surface area contributed by atoms with Crippen LogP contribution in [-0.2, 0) is 9.59 Å². The molecule has 6 nitrogen and oxygen atoms in total. The Balaban J connectivity index is 2.02. The number of nitrogens with one attached hydrogen (secondary N) is 2. The van der Waals surface area contributed by atoms with Crippen molar-refractivity contribution in [1.29, 1.82) is 0 Å². The number of amides is 4. The van der Waals surface area contributed by atoms with E-state index >= 15 is 0 Å². The van der Waals surface area contributed by atoms with E-state index < -0.39 is 17.5 Å². The van der Waals surface area contributed by atoms with Crippen LogP contribution >= 0.6 is 0 Å². The van der Waals surface area contributed by atoms with Crippen LogP contribution in [0.5, 0.6) is 0 Å². The molecule has 0 aromatic rings. The number of carbonyl (C=O) groups is 3. The predicted molar refractivity (Wildman–Crippen MR) is 67.9 cm³/mol. The second-order valence-corrected chi connectivity index (χ2v) is 4.95. The zero-order valence-electron chi connectivity index (χ0n) is 10.7. The molecule has 0 radical (unpaired) electrons. The number of hydrogen-bond acceptors (Lipinski definition) is 3. The minimum atomic E-state index is -0.776.